The number of benzene rings is 1. The summed E-state index contributed by atoms with van der Waals surface area (Å²) in [6.07, 6.45) is 2.29. The van der Waals surface area contributed by atoms with Crippen LogP contribution in [0.25, 0.3) is 5.76 Å². The summed E-state index contributed by atoms with van der Waals surface area (Å²) in [7, 11) is 5.48. The Balaban J connectivity index is 1.63. The highest BCUT2D eigenvalue weighted by molar-refractivity contribution is 6.33. The number of hydrogen-bond donors (Lipinski definition) is 6. The number of rotatable bonds is 7. The molecule has 1 aromatic rings. The van der Waals surface area contributed by atoms with Crippen molar-refractivity contribution < 1.29 is 39.6 Å². The van der Waals surface area contributed by atoms with Crippen LogP contribution >= 0.6 is 0 Å². The molecule has 0 radical (unpaired) electrons. The number of likely N-dealkylation sites (N-methyl/N-ethyl adjacent to an activating group) is 1. The van der Waals surface area contributed by atoms with Gasteiger partial charge in [-0.2, -0.15) is 0 Å². The third-order valence-corrected chi connectivity index (χ3v) is 10.6. The van der Waals surface area contributed by atoms with E-state index in [0.29, 0.717) is 16.8 Å². The zero-order valence-electron chi connectivity index (χ0n) is 25.9. The SMILES string of the molecule is CCC1(CC)C(O)=C(C(N)=O)C(=O)[C@@]2(O)C(=O)C3=C(O)c4c(O)c(CNC(=O)[C@@H]5CCCN5C)cc(N(C)C)c4C[C@H]3C[C@@H]12. The number of fused-ring (bicyclic) bond motifs is 3. The molecule has 12 nitrogen and oxygen atoms in total. The Morgan fingerprint density at radius 2 is 1.80 bits per heavy atom. The van der Waals surface area contributed by atoms with Crippen molar-refractivity contribution in [3.8, 4) is 5.75 Å². The zero-order valence-corrected chi connectivity index (χ0v) is 25.9. The summed E-state index contributed by atoms with van der Waals surface area (Å²) < 4.78 is 0. The number of nitrogens with one attached hydrogen (secondary N) is 1. The molecular weight excluding hydrogens is 568 g/mol. The van der Waals surface area contributed by atoms with Gasteiger partial charge in [-0.3, -0.25) is 24.1 Å². The van der Waals surface area contributed by atoms with Gasteiger partial charge in [0.1, 0.15) is 22.8 Å². The van der Waals surface area contributed by atoms with Crippen LogP contribution in [0, 0.1) is 17.3 Å². The fraction of sp³-hybridized carbons (Fsp3) is 0.562. The Morgan fingerprint density at radius 3 is 2.34 bits per heavy atom. The minimum Gasteiger partial charge on any atom is -0.511 e. The predicted octanol–water partition coefficient (Wildman–Crippen LogP) is 1.62. The lowest BCUT2D eigenvalue weighted by atomic mass is 9.49. The van der Waals surface area contributed by atoms with Gasteiger partial charge in [-0.05, 0) is 69.7 Å². The molecule has 5 rings (SSSR count). The number of phenolic OH excluding ortho intramolecular Hbond substituents is 1. The first-order valence-corrected chi connectivity index (χ1v) is 15.2. The summed E-state index contributed by atoms with van der Waals surface area (Å²) in [5, 5.41) is 49.2. The third kappa shape index (κ3) is 4.25. The number of carbonyl (C=O) groups is 4. The molecule has 2 amide bonds. The minimum atomic E-state index is -2.75. The van der Waals surface area contributed by atoms with Crippen LogP contribution in [-0.2, 0) is 32.1 Å². The van der Waals surface area contributed by atoms with Gasteiger partial charge < -0.3 is 36.4 Å². The first kappa shape index (κ1) is 31.5. The molecule has 0 spiro atoms. The highest BCUT2D eigenvalue weighted by atomic mass is 16.3. The van der Waals surface area contributed by atoms with Gasteiger partial charge in [0.25, 0.3) is 5.91 Å². The summed E-state index contributed by atoms with van der Waals surface area (Å²) in [6.45, 7) is 4.26. The summed E-state index contributed by atoms with van der Waals surface area (Å²) in [6, 6.07) is 1.46. The number of amides is 2. The zero-order chi connectivity index (χ0) is 32.5. The number of hydrogen-bond acceptors (Lipinski definition) is 10. The topological polar surface area (TPSA) is 194 Å². The van der Waals surface area contributed by atoms with Crippen molar-refractivity contribution in [1.82, 2.24) is 10.2 Å². The summed E-state index contributed by atoms with van der Waals surface area (Å²) in [5.41, 5.74) is 1.96. The van der Waals surface area contributed by atoms with Gasteiger partial charge in [0.2, 0.25) is 17.5 Å². The Hall–Kier alpha value is -3.90. The number of aliphatic hydroxyl groups excluding tert-OH is 2. The van der Waals surface area contributed by atoms with Gasteiger partial charge in [-0.1, -0.05) is 13.8 Å². The normalized spacial score (nSPS) is 28.0. The van der Waals surface area contributed by atoms with E-state index in [1.165, 1.54) is 0 Å². The molecule has 0 unspecified atom stereocenters. The smallest absolute Gasteiger partial charge is 0.255 e. The molecule has 0 bridgehead atoms. The van der Waals surface area contributed by atoms with Crippen molar-refractivity contribution in [3.05, 3.63) is 39.7 Å². The number of ketones is 2. The standard InChI is InChI=1S/C32H42N4O8/c1-6-31(7-2)20-13-15-11-17-19(35(3)4)12-16(14-34-30(43)18-9-8-10-36(18)5)24(37)22(17)25(38)21(15)27(40)32(20,44)28(41)23(26(31)39)29(33)42/h12,15,18,20,37-39,44H,6-11,13-14H2,1-5H3,(H2,33,42)(H,34,43)/t15-,18-,20-,32-/m0/s1. The molecule has 1 saturated heterocycles. The maximum absolute atomic E-state index is 14.2. The number of aromatic hydroxyl groups is 1. The lowest BCUT2D eigenvalue weighted by Crippen LogP contribution is -2.66. The number of phenols is 1. The van der Waals surface area contributed by atoms with Crippen LogP contribution in [0.3, 0.4) is 0 Å². The van der Waals surface area contributed by atoms with Crippen molar-refractivity contribution in [3.63, 3.8) is 0 Å². The molecule has 4 atom stereocenters. The minimum absolute atomic E-state index is 0.00546. The van der Waals surface area contributed by atoms with E-state index in [2.05, 4.69) is 5.32 Å². The summed E-state index contributed by atoms with van der Waals surface area (Å²) in [5.74, 6) is -6.94. The second-order valence-electron chi connectivity index (χ2n) is 12.8. The van der Waals surface area contributed by atoms with Crippen LogP contribution < -0.4 is 16.0 Å². The van der Waals surface area contributed by atoms with Crippen molar-refractivity contribution >= 4 is 34.8 Å². The van der Waals surface area contributed by atoms with Crippen molar-refractivity contribution in [2.24, 2.45) is 23.0 Å². The fourth-order valence-corrected chi connectivity index (χ4v) is 8.18. The number of Topliss-reactive ketones (excluding diaryl/α,β-unsaturated/α-hetero) is 2. The summed E-state index contributed by atoms with van der Waals surface area (Å²) >= 11 is 0. The molecule has 7 N–H and O–H groups in total. The second-order valence-corrected chi connectivity index (χ2v) is 12.8. The molecule has 238 valence electrons. The van der Waals surface area contributed by atoms with Crippen molar-refractivity contribution in [2.75, 3.05) is 32.6 Å². The van der Waals surface area contributed by atoms with E-state index in [1.54, 1.807) is 34.0 Å². The van der Waals surface area contributed by atoms with E-state index >= 15 is 0 Å². The van der Waals surface area contributed by atoms with Gasteiger partial charge in [-0.15, -0.1) is 0 Å². The molecule has 1 saturated carbocycles. The van der Waals surface area contributed by atoms with E-state index in [1.807, 2.05) is 16.8 Å². The van der Waals surface area contributed by atoms with Gasteiger partial charge in [0.05, 0.1) is 11.6 Å². The van der Waals surface area contributed by atoms with Crippen LogP contribution in [-0.4, -0.2) is 88.0 Å². The highest BCUT2D eigenvalue weighted by Crippen LogP contribution is 2.60. The van der Waals surface area contributed by atoms with Crippen LogP contribution in [0.5, 0.6) is 5.75 Å². The molecular formula is C32H42N4O8. The molecule has 12 heteroatoms. The van der Waals surface area contributed by atoms with E-state index < -0.39 is 57.4 Å². The maximum atomic E-state index is 14.2. The van der Waals surface area contributed by atoms with Gasteiger partial charge in [-0.25, -0.2) is 0 Å². The van der Waals surface area contributed by atoms with Crippen LogP contribution in [0.2, 0.25) is 0 Å². The average molecular weight is 611 g/mol. The van der Waals surface area contributed by atoms with Crippen LogP contribution in [0.1, 0.15) is 62.6 Å². The third-order valence-electron chi connectivity index (χ3n) is 10.6. The van der Waals surface area contributed by atoms with Crippen LogP contribution in [0.15, 0.2) is 23.0 Å². The molecule has 1 aliphatic heterocycles. The van der Waals surface area contributed by atoms with E-state index in [9.17, 15) is 39.6 Å². The first-order chi connectivity index (χ1) is 20.7. The van der Waals surface area contributed by atoms with E-state index in [4.69, 9.17) is 5.73 Å². The lowest BCUT2D eigenvalue weighted by molar-refractivity contribution is -0.168. The highest BCUT2D eigenvalue weighted by Gasteiger charge is 2.68. The number of nitrogens with zero attached hydrogens (tertiary/aromatic N) is 2. The number of allylic oxidation sites excluding steroid dienone is 1. The molecule has 2 fully saturated rings. The monoisotopic (exact) mass is 610 g/mol. The number of primary amides is 1. The number of nitrogens with two attached hydrogens (primary N) is 1. The number of aliphatic hydroxyl groups is 3. The van der Waals surface area contributed by atoms with Gasteiger partial charge >= 0.3 is 0 Å². The fourth-order valence-electron chi connectivity index (χ4n) is 8.18. The first-order valence-electron chi connectivity index (χ1n) is 15.2. The van der Waals surface area contributed by atoms with Crippen LogP contribution in [0.4, 0.5) is 5.69 Å². The van der Waals surface area contributed by atoms with E-state index in [-0.39, 0.29) is 61.1 Å². The average Bonchev–Trinajstić information content (AvgIpc) is 3.40. The molecule has 44 heavy (non-hydrogen) atoms. The Morgan fingerprint density at radius 1 is 1.14 bits per heavy atom. The number of carbonyl (C=O) groups excluding carboxylic acids is 4. The Bertz CT molecular complexity index is 1520. The van der Waals surface area contributed by atoms with Crippen molar-refractivity contribution in [1.29, 1.82) is 0 Å². The Kier molecular flexibility index (Phi) is 7.82. The number of likely N-dealkylation sites (tertiary alicyclic amines) is 1. The molecule has 4 aliphatic rings. The molecule has 0 aromatic heterocycles. The lowest BCUT2D eigenvalue weighted by Gasteiger charge is -2.54. The quantitative estimate of drug-likeness (QED) is 0.195. The van der Waals surface area contributed by atoms with E-state index in [0.717, 1.165) is 19.4 Å². The van der Waals surface area contributed by atoms with Gasteiger partial charge in [0, 0.05) is 48.8 Å². The molecule has 1 heterocycles. The largest absolute Gasteiger partial charge is 0.511 e. The molecule has 3 aliphatic carbocycles. The summed E-state index contributed by atoms with van der Waals surface area (Å²) in [4.78, 5) is 56.9. The van der Waals surface area contributed by atoms with Gasteiger partial charge in [0.15, 0.2) is 5.60 Å². The van der Waals surface area contributed by atoms with Crippen molar-refractivity contribution in [2.45, 2.75) is 70.6 Å². The maximum Gasteiger partial charge on any atom is 0.255 e. The molecule has 1 aromatic carbocycles. The number of anilines is 1. The predicted molar refractivity (Wildman–Crippen MR) is 162 cm³/mol. The second kappa shape index (κ2) is 10.9. The Labute approximate surface area is 256 Å².